The molecule has 0 unspecified atom stereocenters. The maximum Gasteiger partial charge on any atom is 0.180 e. The van der Waals surface area contributed by atoms with Gasteiger partial charge in [0.2, 0.25) is 0 Å². The fourth-order valence-electron chi connectivity index (χ4n) is 2.40. The highest BCUT2D eigenvalue weighted by atomic mass is 35.5. The van der Waals surface area contributed by atoms with Gasteiger partial charge in [0.25, 0.3) is 0 Å². The van der Waals surface area contributed by atoms with E-state index in [9.17, 15) is 0 Å². The highest BCUT2D eigenvalue weighted by Gasteiger charge is 2.19. The molecule has 0 atom stereocenters. The van der Waals surface area contributed by atoms with Crippen LogP contribution >= 0.6 is 36.2 Å². The quantitative estimate of drug-likeness (QED) is 0.872. The normalized spacial score (nSPS) is 16.7. The van der Waals surface area contributed by atoms with Crippen molar-refractivity contribution in [3.63, 3.8) is 0 Å². The number of anilines is 1. The monoisotopic (exact) mass is 326 g/mol. The van der Waals surface area contributed by atoms with Gasteiger partial charge in [0.05, 0.1) is 0 Å². The van der Waals surface area contributed by atoms with Crippen LogP contribution in [-0.2, 0) is 6.54 Å². The van der Waals surface area contributed by atoms with Gasteiger partial charge in [-0.05, 0) is 51.9 Å². The summed E-state index contributed by atoms with van der Waals surface area (Å²) in [6.07, 6.45) is 5.89. The number of likely N-dealkylation sites (tertiary alicyclic amines) is 1. The molecular formula is C12H24Cl2N4S. The van der Waals surface area contributed by atoms with Crippen molar-refractivity contribution in [2.24, 2.45) is 5.92 Å². The zero-order valence-corrected chi connectivity index (χ0v) is 13.8. The summed E-state index contributed by atoms with van der Waals surface area (Å²) >= 11 is 1.61. The van der Waals surface area contributed by atoms with Crippen LogP contribution in [0, 0.1) is 5.92 Å². The third kappa shape index (κ3) is 6.27. The highest BCUT2D eigenvalue weighted by molar-refractivity contribution is 7.15. The fraction of sp³-hybridized carbons (Fsp3) is 0.750. The third-order valence-electron chi connectivity index (χ3n) is 3.46. The molecule has 19 heavy (non-hydrogen) atoms. The van der Waals surface area contributed by atoms with Crippen molar-refractivity contribution in [2.75, 3.05) is 32.4 Å². The zero-order valence-electron chi connectivity index (χ0n) is 11.3. The van der Waals surface area contributed by atoms with Crippen LogP contribution in [0.2, 0.25) is 0 Å². The number of thiazole rings is 1. The van der Waals surface area contributed by atoms with Crippen molar-refractivity contribution in [1.82, 2.24) is 15.2 Å². The maximum absolute atomic E-state index is 5.64. The molecule has 2 rings (SSSR count). The Labute approximate surface area is 132 Å². The van der Waals surface area contributed by atoms with Crippen LogP contribution in [-0.4, -0.2) is 36.6 Å². The summed E-state index contributed by atoms with van der Waals surface area (Å²) in [5.41, 5.74) is 5.64. The van der Waals surface area contributed by atoms with Crippen LogP contribution in [0.3, 0.4) is 0 Å². The molecule has 7 heteroatoms. The molecule has 0 spiro atoms. The molecule has 1 aliphatic heterocycles. The van der Waals surface area contributed by atoms with Gasteiger partial charge >= 0.3 is 0 Å². The number of hydrogen-bond acceptors (Lipinski definition) is 5. The van der Waals surface area contributed by atoms with E-state index in [2.05, 4.69) is 15.2 Å². The molecule has 0 radical (unpaired) electrons. The number of rotatable bonds is 5. The van der Waals surface area contributed by atoms with Crippen LogP contribution in [0.4, 0.5) is 5.13 Å². The van der Waals surface area contributed by atoms with Gasteiger partial charge in [-0.25, -0.2) is 4.98 Å². The average molecular weight is 327 g/mol. The second kappa shape index (κ2) is 9.77. The lowest BCUT2D eigenvalue weighted by atomic mass is 9.93. The van der Waals surface area contributed by atoms with Gasteiger partial charge < -0.3 is 11.1 Å². The number of nitrogens with two attached hydrogens (primary N) is 1. The summed E-state index contributed by atoms with van der Waals surface area (Å²) < 4.78 is 0. The molecule has 1 saturated heterocycles. The number of piperidine rings is 1. The molecule has 4 nitrogen and oxygen atoms in total. The zero-order chi connectivity index (χ0) is 12.1. The predicted octanol–water partition coefficient (Wildman–Crippen LogP) is 2.39. The summed E-state index contributed by atoms with van der Waals surface area (Å²) in [5, 5.41) is 3.92. The van der Waals surface area contributed by atoms with Crippen LogP contribution in [0.25, 0.3) is 0 Å². The topological polar surface area (TPSA) is 54.2 Å². The van der Waals surface area contributed by atoms with Gasteiger partial charge in [-0.15, -0.1) is 36.2 Å². The summed E-state index contributed by atoms with van der Waals surface area (Å²) in [4.78, 5) is 7.90. The molecule has 0 aliphatic carbocycles. The van der Waals surface area contributed by atoms with E-state index in [1.807, 2.05) is 13.2 Å². The van der Waals surface area contributed by atoms with Crippen LogP contribution in [0.1, 0.15) is 24.1 Å². The standard InChI is InChI=1S/C12H22N4S.2ClH/c1-14-5-2-10-3-6-16(7-4-10)9-11-8-15-12(13)17-11;;/h8,10,14H,2-7,9H2,1H3,(H2,13,15);2*1H. The van der Waals surface area contributed by atoms with E-state index in [1.54, 1.807) is 11.3 Å². The Morgan fingerprint density at radius 3 is 2.63 bits per heavy atom. The van der Waals surface area contributed by atoms with Gasteiger partial charge in [-0.1, -0.05) is 0 Å². The van der Waals surface area contributed by atoms with E-state index in [0.717, 1.165) is 19.0 Å². The van der Waals surface area contributed by atoms with Crippen molar-refractivity contribution < 1.29 is 0 Å². The van der Waals surface area contributed by atoms with Crippen LogP contribution in [0.5, 0.6) is 0 Å². The molecule has 112 valence electrons. The van der Waals surface area contributed by atoms with Crippen molar-refractivity contribution in [3.8, 4) is 0 Å². The molecule has 1 fully saturated rings. The Morgan fingerprint density at radius 2 is 2.11 bits per heavy atom. The van der Waals surface area contributed by atoms with Crippen molar-refractivity contribution in [3.05, 3.63) is 11.1 Å². The second-order valence-electron chi connectivity index (χ2n) is 4.78. The molecule has 0 amide bonds. The summed E-state index contributed by atoms with van der Waals surface area (Å²) in [7, 11) is 2.03. The van der Waals surface area contributed by atoms with E-state index in [0.29, 0.717) is 5.13 Å². The Hall–Kier alpha value is -0.0700. The van der Waals surface area contributed by atoms with E-state index in [-0.39, 0.29) is 24.8 Å². The Kier molecular flexibility index (Phi) is 9.74. The molecule has 0 saturated carbocycles. The third-order valence-corrected chi connectivity index (χ3v) is 4.27. The summed E-state index contributed by atoms with van der Waals surface area (Å²) in [6, 6.07) is 0. The predicted molar refractivity (Wildman–Crippen MR) is 87.6 cm³/mol. The first-order chi connectivity index (χ1) is 8.28. The van der Waals surface area contributed by atoms with E-state index in [4.69, 9.17) is 5.73 Å². The van der Waals surface area contributed by atoms with Gasteiger partial charge in [-0.3, -0.25) is 4.90 Å². The van der Waals surface area contributed by atoms with Crippen molar-refractivity contribution >= 4 is 41.3 Å². The number of halogens is 2. The first-order valence-corrected chi connectivity index (χ1v) is 7.16. The van der Waals surface area contributed by atoms with Gasteiger partial charge in [-0.2, -0.15) is 0 Å². The fourth-order valence-corrected chi connectivity index (χ4v) is 3.12. The molecule has 0 bridgehead atoms. The smallest absolute Gasteiger partial charge is 0.180 e. The molecule has 3 N–H and O–H groups in total. The van der Waals surface area contributed by atoms with Gasteiger partial charge in [0.1, 0.15) is 0 Å². The Bertz CT molecular complexity index is 340. The number of nitrogens with zero attached hydrogens (tertiary/aromatic N) is 2. The lowest BCUT2D eigenvalue weighted by Crippen LogP contribution is -2.33. The SMILES string of the molecule is CNCCC1CCN(Cc2cnc(N)s2)CC1.Cl.Cl. The highest BCUT2D eigenvalue weighted by Crippen LogP contribution is 2.23. The molecule has 1 aliphatic rings. The lowest BCUT2D eigenvalue weighted by molar-refractivity contribution is 0.173. The average Bonchev–Trinajstić information content (AvgIpc) is 2.74. The van der Waals surface area contributed by atoms with Crippen LogP contribution < -0.4 is 11.1 Å². The molecule has 1 aromatic heterocycles. The lowest BCUT2D eigenvalue weighted by Gasteiger charge is -2.31. The summed E-state index contributed by atoms with van der Waals surface area (Å²) in [6.45, 7) is 4.60. The maximum atomic E-state index is 5.64. The van der Waals surface area contributed by atoms with Crippen molar-refractivity contribution in [2.45, 2.75) is 25.8 Å². The van der Waals surface area contributed by atoms with Gasteiger partial charge in [0.15, 0.2) is 5.13 Å². The molecule has 2 heterocycles. The molecular weight excluding hydrogens is 303 g/mol. The minimum absolute atomic E-state index is 0. The van der Waals surface area contributed by atoms with Crippen LogP contribution in [0.15, 0.2) is 6.20 Å². The van der Waals surface area contributed by atoms with E-state index in [1.165, 1.54) is 37.2 Å². The minimum Gasteiger partial charge on any atom is -0.375 e. The minimum atomic E-state index is 0. The molecule has 1 aromatic rings. The first-order valence-electron chi connectivity index (χ1n) is 6.35. The first kappa shape index (κ1) is 18.9. The summed E-state index contributed by atoms with van der Waals surface area (Å²) in [5.74, 6) is 0.908. The van der Waals surface area contributed by atoms with E-state index < -0.39 is 0 Å². The number of aromatic nitrogens is 1. The number of nitrogen functional groups attached to an aromatic ring is 1. The van der Waals surface area contributed by atoms with E-state index >= 15 is 0 Å². The van der Waals surface area contributed by atoms with Crippen molar-refractivity contribution in [1.29, 1.82) is 0 Å². The Morgan fingerprint density at radius 1 is 1.42 bits per heavy atom. The Balaban J connectivity index is 0.00000162. The number of hydrogen-bond donors (Lipinski definition) is 2. The molecule has 0 aromatic carbocycles. The van der Waals surface area contributed by atoms with Gasteiger partial charge in [0, 0.05) is 17.6 Å². The number of nitrogens with one attached hydrogen (secondary N) is 1. The second-order valence-corrected chi connectivity index (χ2v) is 5.92. The largest absolute Gasteiger partial charge is 0.375 e.